The SMILES string of the molecule is CC(=O)N(CC(=O)Nc1ccc(N2CCCCC2)cc1)C1CCCC1. The number of carbonyl (C=O) groups is 2. The second kappa shape index (κ2) is 8.37. The van der Waals surface area contributed by atoms with Gasteiger partial charge in [-0.2, -0.15) is 0 Å². The van der Waals surface area contributed by atoms with E-state index in [0.29, 0.717) is 0 Å². The zero-order valence-electron chi connectivity index (χ0n) is 15.2. The Kier molecular flexibility index (Phi) is 5.95. The molecule has 1 N–H and O–H groups in total. The molecule has 0 aromatic heterocycles. The van der Waals surface area contributed by atoms with Gasteiger partial charge in [0, 0.05) is 37.4 Å². The second-order valence-corrected chi connectivity index (χ2v) is 7.23. The molecule has 0 radical (unpaired) electrons. The monoisotopic (exact) mass is 343 g/mol. The summed E-state index contributed by atoms with van der Waals surface area (Å²) in [6, 6.07) is 8.27. The van der Waals surface area contributed by atoms with E-state index in [0.717, 1.165) is 44.5 Å². The van der Waals surface area contributed by atoms with Gasteiger partial charge in [-0.3, -0.25) is 9.59 Å². The van der Waals surface area contributed by atoms with Crippen LogP contribution in [0.2, 0.25) is 0 Å². The molecule has 2 amide bonds. The highest BCUT2D eigenvalue weighted by Crippen LogP contribution is 2.24. The Morgan fingerprint density at radius 1 is 1.04 bits per heavy atom. The molecule has 5 nitrogen and oxygen atoms in total. The van der Waals surface area contributed by atoms with Crippen molar-refractivity contribution in [3.05, 3.63) is 24.3 Å². The Hall–Kier alpha value is -2.04. The summed E-state index contributed by atoms with van der Waals surface area (Å²) in [6.45, 7) is 3.92. The molecule has 0 bridgehead atoms. The molecule has 1 heterocycles. The van der Waals surface area contributed by atoms with Gasteiger partial charge < -0.3 is 15.1 Å². The van der Waals surface area contributed by atoms with Crippen LogP contribution in [-0.4, -0.2) is 42.4 Å². The van der Waals surface area contributed by atoms with E-state index in [9.17, 15) is 9.59 Å². The molecule has 3 rings (SSSR count). The van der Waals surface area contributed by atoms with Crippen LogP contribution in [0.3, 0.4) is 0 Å². The summed E-state index contributed by atoms with van der Waals surface area (Å²) in [4.78, 5) is 28.4. The van der Waals surface area contributed by atoms with E-state index in [1.165, 1.54) is 24.9 Å². The third kappa shape index (κ3) is 4.74. The van der Waals surface area contributed by atoms with E-state index in [-0.39, 0.29) is 24.4 Å². The number of carbonyl (C=O) groups excluding carboxylic acids is 2. The number of hydrogen-bond acceptors (Lipinski definition) is 3. The first-order chi connectivity index (χ1) is 12.1. The van der Waals surface area contributed by atoms with Crippen molar-refractivity contribution >= 4 is 23.2 Å². The van der Waals surface area contributed by atoms with Crippen LogP contribution < -0.4 is 10.2 Å². The smallest absolute Gasteiger partial charge is 0.244 e. The number of benzene rings is 1. The molecule has 2 fully saturated rings. The van der Waals surface area contributed by atoms with Crippen LogP contribution >= 0.6 is 0 Å². The standard InChI is InChI=1S/C20H29N3O2/c1-16(24)23(19-7-3-4-8-19)15-20(25)21-17-9-11-18(12-10-17)22-13-5-2-6-14-22/h9-12,19H,2-8,13-15H2,1H3,(H,21,25). The predicted molar refractivity (Wildman–Crippen MR) is 101 cm³/mol. The topological polar surface area (TPSA) is 52.7 Å². The molecular weight excluding hydrogens is 314 g/mol. The van der Waals surface area contributed by atoms with Crippen molar-refractivity contribution < 1.29 is 9.59 Å². The average Bonchev–Trinajstić information content (AvgIpc) is 3.15. The lowest BCUT2D eigenvalue weighted by Crippen LogP contribution is -2.42. The molecule has 136 valence electrons. The molecule has 1 aromatic carbocycles. The van der Waals surface area contributed by atoms with Crippen LogP contribution in [0, 0.1) is 0 Å². The zero-order valence-corrected chi connectivity index (χ0v) is 15.2. The van der Waals surface area contributed by atoms with Crippen molar-refractivity contribution in [1.82, 2.24) is 4.90 Å². The number of hydrogen-bond donors (Lipinski definition) is 1. The van der Waals surface area contributed by atoms with Gasteiger partial charge >= 0.3 is 0 Å². The van der Waals surface area contributed by atoms with Gasteiger partial charge in [0.15, 0.2) is 0 Å². The summed E-state index contributed by atoms with van der Waals surface area (Å²) >= 11 is 0. The van der Waals surface area contributed by atoms with Crippen LogP contribution in [-0.2, 0) is 9.59 Å². The van der Waals surface area contributed by atoms with Crippen molar-refractivity contribution in [2.45, 2.75) is 57.9 Å². The summed E-state index contributed by atoms with van der Waals surface area (Å²) < 4.78 is 0. The van der Waals surface area contributed by atoms with E-state index >= 15 is 0 Å². The molecule has 0 unspecified atom stereocenters. The summed E-state index contributed by atoms with van der Waals surface area (Å²) in [5.74, 6) is -0.129. The van der Waals surface area contributed by atoms with Gasteiger partial charge in [0.2, 0.25) is 11.8 Å². The Bertz CT molecular complexity index is 587. The van der Waals surface area contributed by atoms with E-state index in [4.69, 9.17) is 0 Å². The fraction of sp³-hybridized carbons (Fsp3) is 0.600. The summed E-state index contributed by atoms with van der Waals surface area (Å²) in [7, 11) is 0. The van der Waals surface area contributed by atoms with Crippen LogP contribution in [0.1, 0.15) is 51.9 Å². The van der Waals surface area contributed by atoms with E-state index in [2.05, 4.69) is 22.3 Å². The van der Waals surface area contributed by atoms with Crippen LogP contribution in [0.5, 0.6) is 0 Å². The van der Waals surface area contributed by atoms with Crippen molar-refractivity contribution in [3.8, 4) is 0 Å². The normalized spacial score (nSPS) is 18.2. The minimum absolute atomic E-state index is 0.0116. The van der Waals surface area contributed by atoms with Crippen LogP contribution in [0.25, 0.3) is 0 Å². The molecule has 1 saturated heterocycles. The number of anilines is 2. The van der Waals surface area contributed by atoms with E-state index in [1.807, 2.05) is 12.1 Å². The largest absolute Gasteiger partial charge is 0.372 e. The van der Waals surface area contributed by atoms with Crippen LogP contribution in [0.4, 0.5) is 11.4 Å². The van der Waals surface area contributed by atoms with E-state index < -0.39 is 0 Å². The van der Waals surface area contributed by atoms with Gasteiger partial charge in [-0.1, -0.05) is 12.8 Å². The molecule has 1 aromatic rings. The van der Waals surface area contributed by atoms with Crippen molar-refractivity contribution in [2.75, 3.05) is 29.9 Å². The predicted octanol–water partition coefficient (Wildman–Crippen LogP) is 3.41. The number of nitrogens with zero attached hydrogens (tertiary/aromatic N) is 2. The zero-order chi connectivity index (χ0) is 17.6. The van der Waals surface area contributed by atoms with Crippen molar-refractivity contribution in [2.24, 2.45) is 0 Å². The Morgan fingerprint density at radius 2 is 1.68 bits per heavy atom. The van der Waals surface area contributed by atoms with Gasteiger partial charge in [-0.25, -0.2) is 0 Å². The first kappa shape index (κ1) is 17.8. The Balaban J connectivity index is 1.55. The highest BCUT2D eigenvalue weighted by molar-refractivity contribution is 5.94. The molecular formula is C20H29N3O2. The third-order valence-electron chi connectivity index (χ3n) is 5.36. The van der Waals surface area contributed by atoms with Gasteiger partial charge in [0.25, 0.3) is 0 Å². The fourth-order valence-corrected chi connectivity index (χ4v) is 3.98. The molecule has 0 spiro atoms. The maximum absolute atomic E-state index is 12.4. The summed E-state index contributed by atoms with van der Waals surface area (Å²) in [5.41, 5.74) is 2.01. The Morgan fingerprint density at radius 3 is 2.28 bits per heavy atom. The summed E-state index contributed by atoms with van der Waals surface area (Å²) in [5, 5.41) is 2.93. The lowest BCUT2D eigenvalue weighted by atomic mass is 10.1. The van der Waals surface area contributed by atoms with Gasteiger partial charge in [0.1, 0.15) is 6.54 Å². The van der Waals surface area contributed by atoms with Gasteiger partial charge in [0.05, 0.1) is 0 Å². The lowest BCUT2D eigenvalue weighted by molar-refractivity contribution is -0.135. The van der Waals surface area contributed by atoms with E-state index in [1.54, 1.807) is 11.8 Å². The van der Waals surface area contributed by atoms with Crippen molar-refractivity contribution in [1.29, 1.82) is 0 Å². The molecule has 1 aliphatic heterocycles. The fourth-order valence-electron chi connectivity index (χ4n) is 3.98. The van der Waals surface area contributed by atoms with Crippen molar-refractivity contribution in [3.63, 3.8) is 0 Å². The molecule has 1 saturated carbocycles. The quantitative estimate of drug-likeness (QED) is 0.891. The highest BCUT2D eigenvalue weighted by Gasteiger charge is 2.26. The van der Waals surface area contributed by atoms with Gasteiger partial charge in [-0.15, -0.1) is 0 Å². The average molecular weight is 343 g/mol. The number of amides is 2. The minimum atomic E-state index is -0.118. The first-order valence-electron chi connectivity index (χ1n) is 9.55. The lowest BCUT2D eigenvalue weighted by Gasteiger charge is -2.29. The first-order valence-corrected chi connectivity index (χ1v) is 9.55. The maximum Gasteiger partial charge on any atom is 0.244 e. The summed E-state index contributed by atoms with van der Waals surface area (Å²) in [6.07, 6.45) is 8.14. The number of piperidine rings is 1. The maximum atomic E-state index is 12.4. The Labute approximate surface area is 150 Å². The molecule has 5 heteroatoms. The highest BCUT2D eigenvalue weighted by atomic mass is 16.2. The minimum Gasteiger partial charge on any atom is -0.372 e. The third-order valence-corrected chi connectivity index (χ3v) is 5.36. The molecule has 1 aliphatic carbocycles. The second-order valence-electron chi connectivity index (χ2n) is 7.23. The van der Waals surface area contributed by atoms with Gasteiger partial charge in [-0.05, 0) is 56.4 Å². The molecule has 2 aliphatic rings. The van der Waals surface area contributed by atoms with Crippen LogP contribution in [0.15, 0.2) is 24.3 Å². The number of rotatable bonds is 5. The number of nitrogens with one attached hydrogen (secondary N) is 1. The molecule has 25 heavy (non-hydrogen) atoms. The molecule has 0 atom stereocenters.